The minimum absolute atomic E-state index is 0.412. The first-order chi connectivity index (χ1) is 9.70. The molecule has 7 nitrogen and oxygen atoms in total. The van der Waals surface area contributed by atoms with Crippen molar-refractivity contribution in [2.24, 2.45) is 5.41 Å². The molecule has 120 valence electrons. The number of imide groups is 1. The molecule has 3 amide bonds. The highest BCUT2D eigenvalue weighted by Gasteiger charge is 2.45. The van der Waals surface area contributed by atoms with Gasteiger partial charge in [-0.1, -0.05) is 13.8 Å². The van der Waals surface area contributed by atoms with Crippen LogP contribution in [0.5, 0.6) is 0 Å². The van der Waals surface area contributed by atoms with Crippen LogP contribution < -0.4 is 10.6 Å². The number of carbonyl (C=O) groups excluding carboxylic acids is 2. The Labute approximate surface area is 125 Å². The van der Waals surface area contributed by atoms with Crippen LogP contribution in [0.3, 0.4) is 0 Å². The largest absolute Gasteiger partial charge is 0.480 e. The molecule has 7 heteroatoms. The van der Waals surface area contributed by atoms with E-state index in [9.17, 15) is 19.5 Å². The summed E-state index contributed by atoms with van der Waals surface area (Å²) in [6.45, 7) is 8.12. The number of urea groups is 1. The van der Waals surface area contributed by atoms with Crippen molar-refractivity contribution in [3.05, 3.63) is 0 Å². The lowest BCUT2D eigenvalue weighted by atomic mass is 9.76. The second-order valence-corrected chi connectivity index (χ2v) is 6.10. The molecule has 2 unspecified atom stereocenters. The topological polar surface area (TPSA) is 98.7 Å². The Bertz CT molecular complexity index is 422. The summed E-state index contributed by atoms with van der Waals surface area (Å²) in [4.78, 5) is 36.8. The van der Waals surface area contributed by atoms with Gasteiger partial charge in [0.25, 0.3) is 0 Å². The summed E-state index contributed by atoms with van der Waals surface area (Å²) in [5, 5.41) is 14.2. The van der Waals surface area contributed by atoms with Crippen molar-refractivity contribution in [3.8, 4) is 0 Å². The summed E-state index contributed by atoms with van der Waals surface area (Å²) in [6.07, 6.45) is 1.63. The summed E-state index contributed by atoms with van der Waals surface area (Å²) < 4.78 is 0. The number of nitrogens with one attached hydrogen (secondary N) is 2. The minimum atomic E-state index is -0.933. The molecule has 0 bridgehead atoms. The fraction of sp³-hybridized carbons (Fsp3) is 0.786. The van der Waals surface area contributed by atoms with Crippen LogP contribution in [0.15, 0.2) is 0 Å². The fourth-order valence-corrected chi connectivity index (χ4v) is 2.90. The van der Waals surface area contributed by atoms with Crippen molar-refractivity contribution in [1.82, 2.24) is 15.5 Å². The van der Waals surface area contributed by atoms with Crippen LogP contribution in [0.2, 0.25) is 0 Å². The van der Waals surface area contributed by atoms with Crippen molar-refractivity contribution >= 4 is 17.9 Å². The Morgan fingerprint density at radius 1 is 1.38 bits per heavy atom. The van der Waals surface area contributed by atoms with Crippen molar-refractivity contribution < 1.29 is 19.5 Å². The van der Waals surface area contributed by atoms with Gasteiger partial charge in [-0.2, -0.15) is 0 Å². The van der Waals surface area contributed by atoms with Gasteiger partial charge in [0.2, 0.25) is 5.91 Å². The monoisotopic (exact) mass is 299 g/mol. The third kappa shape index (κ3) is 4.17. The number of carboxylic acids is 1. The standard InChI is InChI=1S/C14H25N3O4/c1-5-15-13(21)16-11(18)9(2)17-8-6-7-14(3,4)10(17)12(19)20/h9-10H,5-8H2,1-4H3,(H,19,20)(H2,15,16,18,21). The van der Waals surface area contributed by atoms with Gasteiger partial charge in [0.05, 0.1) is 6.04 Å². The van der Waals surface area contributed by atoms with Crippen LogP contribution in [-0.2, 0) is 9.59 Å². The number of hydrogen-bond acceptors (Lipinski definition) is 4. The highest BCUT2D eigenvalue weighted by atomic mass is 16.4. The number of nitrogens with zero attached hydrogens (tertiary/aromatic N) is 1. The fourth-order valence-electron chi connectivity index (χ4n) is 2.90. The minimum Gasteiger partial charge on any atom is -0.480 e. The molecule has 0 aromatic heterocycles. The SMILES string of the molecule is CCNC(=O)NC(=O)C(C)N1CCCC(C)(C)C1C(=O)O. The zero-order chi connectivity index (χ0) is 16.2. The van der Waals surface area contributed by atoms with Gasteiger partial charge in [0.1, 0.15) is 6.04 Å². The number of piperidine rings is 1. The molecule has 0 saturated carbocycles. The Kier molecular flexibility index (Phi) is 5.71. The van der Waals surface area contributed by atoms with E-state index >= 15 is 0 Å². The van der Waals surface area contributed by atoms with Crippen molar-refractivity contribution in [3.63, 3.8) is 0 Å². The van der Waals surface area contributed by atoms with Crippen LogP contribution in [-0.4, -0.2) is 53.1 Å². The van der Waals surface area contributed by atoms with E-state index in [1.54, 1.807) is 18.7 Å². The molecule has 1 rings (SSSR count). The van der Waals surface area contributed by atoms with Gasteiger partial charge in [-0.15, -0.1) is 0 Å². The number of hydrogen-bond donors (Lipinski definition) is 3. The lowest BCUT2D eigenvalue weighted by Crippen LogP contribution is -2.60. The van der Waals surface area contributed by atoms with E-state index in [2.05, 4.69) is 10.6 Å². The normalized spacial score (nSPS) is 23.1. The lowest BCUT2D eigenvalue weighted by molar-refractivity contribution is -0.153. The van der Waals surface area contributed by atoms with Gasteiger partial charge in [0.15, 0.2) is 0 Å². The van der Waals surface area contributed by atoms with E-state index in [1.807, 2.05) is 13.8 Å². The summed E-state index contributed by atoms with van der Waals surface area (Å²) in [5.41, 5.74) is -0.412. The predicted molar refractivity (Wildman–Crippen MR) is 77.8 cm³/mol. The van der Waals surface area contributed by atoms with E-state index in [1.165, 1.54) is 0 Å². The maximum atomic E-state index is 12.1. The lowest BCUT2D eigenvalue weighted by Gasteiger charge is -2.46. The summed E-state index contributed by atoms with van der Waals surface area (Å²) in [5.74, 6) is -1.41. The molecule has 0 radical (unpaired) electrons. The zero-order valence-electron chi connectivity index (χ0n) is 13.1. The second-order valence-electron chi connectivity index (χ2n) is 6.10. The number of aliphatic carboxylic acids is 1. The van der Waals surface area contributed by atoms with Gasteiger partial charge in [0, 0.05) is 6.54 Å². The zero-order valence-corrected chi connectivity index (χ0v) is 13.1. The Morgan fingerprint density at radius 2 is 2.00 bits per heavy atom. The molecule has 0 spiro atoms. The third-order valence-corrected chi connectivity index (χ3v) is 3.99. The van der Waals surface area contributed by atoms with Crippen LogP contribution in [0.25, 0.3) is 0 Å². The number of carboxylic acid groups (broad SMARTS) is 1. The maximum Gasteiger partial charge on any atom is 0.321 e. The highest BCUT2D eigenvalue weighted by molar-refractivity contribution is 5.97. The average Bonchev–Trinajstić information content (AvgIpc) is 2.35. The van der Waals surface area contributed by atoms with E-state index in [0.717, 1.165) is 12.8 Å². The van der Waals surface area contributed by atoms with Crippen molar-refractivity contribution in [2.75, 3.05) is 13.1 Å². The molecule has 2 atom stereocenters. The van der Waals surface area contributed by atoms with Crippen molar-refractivity contribution in [2.45, 2.75) is 52.6 Å². The van der Waals surface area contributed by atoms with Crippen molar-refractivity contribution in [1.29, 1.82) is 0 Å². The number of amides is 3. The molecule has 1 heterocycles. The van der Waals surface area contributed by atoms with Gasteiger partial charge in [-0.05, 0) is 38.6 Å². The molecular weight excluding hydrogens is 274 g/mol. The molecule has 1 aliphatic heterocycles. The first-order valence-electron chi connectivity index (χ1n) is 7.28. The molecule has 3 N–H and O–H groups in total. The molecule has 21 heavy (non-hydrogen) atoms. The molecule has 0 aromatic rings. The van der Waals surface area contributed by atoms with Crippen LogP contribution in [0.4, 0.5) is 4.79 Å². The maximum absolute atomic E-state index is 12.1. The third-order valence-electron chi connectivity index (χ3n) is 3.99. The molecule has 0 aromatic carbocycles. The Balaban J connectivity index is 2.83. The molecule has 1 aliphatic rings. The number of carbonyl (C=O) groups is 3. The smallest absolute Gasteiger partial charge is 0.321 e. The van der Waals surface area contributed by atoms with E-state index in [4.69, 9.17) is 0 Å². The summed E-state index contributed by atoms with van der Waals surface area (Å²) in [7, 11) is 0. The van der Waals surface area contributed by atoms with Crippen LogP contribution >= 0.6 is 0 Å². The first-order valence-corrected chi connectivity index (χ1v) is 7.28. The molecule has 1 fully saturated rings. The Morgan fingerprint density at radius 3 is 2.52 bits per heavy atom. The second kappa shape index (κ2) is 6.89. The quantitative estimate of drug-likeness (QED) is 0.713. The predicted octanol–water partition coefficient (Wildman–Crippen LogP) is 0.796. The van der Waals surface area contributed by atoms with E-state index in [0.29, 0.717) is 13.1 Å². The molecule has 0 aliphatic carbocycles. The molecular formula is C14H25N3O4. The summed E-state index contributed by atoms with van der Waals surface area (Å²) >= 11 is 0. The van der Waals surface area contributed by atoms with Gasteiger partial charge in [-0.3, -0.25) is 19.8 Å². The van der Waals surface area contributed by atoms with Gasteiger partial charge < -0.3 is 10.4 Å². The van der Waals surface area contributed by atoms with Crippen LogP contribution in [0.1, 0.15) is 40.5 Å². The first kappa shape index (κ1) is 17.4. The van der Waals surface area contributed by atoms with Gasteiger partial charge in [-0.25, -0.2) is 4.79 Å². The Hall–Kier alpha value is -1.63. The van der Waals surface area contributed by atoms with Crippen LogP contribution in [0, 0.1) is 5.41 Å². The highest BCUT2D eigenvalue weighted by Crippen LogP contribution is 2.36. The van der Waals surface area contributed by atoms with Gasteiger partial charge >= 0.3 is 12.0 Å². The van der Waals surface area contributed by atoms with E-state index < -0.39 is 35.4 Å². The summed E-state index contributed by atoms with van der Waals surface area (Å²) in [6, 6.07) is -1.97. The molecule has 1 saturated heterocycles. The van der Waals surface area contributed by atoms with E-state index in [-0.39, 0.29) is 0 Å². The average molecular weight is 299 g/mol. The number of rotatable bonds is 4. The number of likely N-dealkylation sites (tertiary alicyclic amines) is 1.